The molecular weight excluding hydrogens is 390 g/mol. The van der Waals surface area contributed by atoms with Crippen molar-refractivity contribution < 1.29 is 0 Å². The van der Waals surface area contributed by atoms with Crippen molar-refractivity contribution in [1.29, 1.82) is 0 Å². The van der Waals surface area contributed by atoms with Crippen LogP contribution in [0.5, 0.6) is 0 Å². The first-order valence-electron chi connectivity index (χ1n) is 10.6. The number of nitrogens with two attached hydrogens (primary N) is 1. The average Bonchev–Trinajstić information content (AvgIpc) is 2.87. The summed E-state index contributed by atoms with van der Waals surface area (Å²) in [5.74, 6) is 1.07. The van der Waals surface area contributed by atoms with Gasteiger partial charge in [0.05, 0.1) is 0 Å². The summed E-state index contributed by atoms with van der Waals surface area (Å²) >= 11 is 0. The monoisotopic (exact) mass is 413 g/mol. The Morgan fingerprint density at radius 2 is 1.25 bits per heavy atom. The van der Waals surface area contributed by atoms with Crippen molar-refractivity contribution in [3.63, 3.8) is 0 Å². The molecule has 0 saturated heterocycles. The lowest BCUT2D eigenvalue weighted by atomic mass is 9.93. The maximum absolute atomic E-state index is 6.33. The maximum atomic E-state index is 6.33. The molecule has 3 nitrogen and oxygen atoms in total. The molecule has 32 heavy (non-hydrogen) atoms. The fourth-order valence-corrected chi connectivity index (χ4v) is 4.12. The zero-order valence-electron chi connectivity index (χ0n) is 17.9. The summed E-state index contributed by atoms with van der Waals surface area (Å²) in [5, 5.41) is 5.01. The summed E-state index contributed by atoms with van der Waals surface area (Å²) in [7, 11) is 1.73. The van der Waals surface area contributed by atoms with Crippen molar-refractivity contribution in [3.8, 4) is 11.1 Å². The molecule has 5 aromatic rings. The molecule has 5 rings (SSSR count). The number of benzene rings is 5. The average molecular weight is 414 g/mol. The highest BCUT2D eigenvalue weighted by molar-refractivity contribution is 6.14. The van der Waals surface area contributed by atoms with Gasteiger partial charge in [0.2, 0.25) is 0 Å². The Hall–Kier alpha value is -4.24. The smallest absolute Gasteiger partial charge is 0.156 e. The quantitative estimate of drug-likeness (QED) is 0.206. The van der Waals surface area contributed by atoms with E-state index in [0.29, 0.717) is 11.7 Å². The molecule has 0 aliphatic carbocycles. The standard InChI is InChI=1S/C29H23N3/c1-31-29(22-9-3-2-4-10-22)32-28(30)21-17-15-20(16-18-21)27-19-23-11-5-6-12-24(23)25-13-7-8-14-26(25)27/h2-19H,1H3,(H2,30,31,32). The molecule has 3 heteroatoms. The van der Waals surface area contributed by atoms with E-state index in [1.54, 1.807) is 7.05 Å². The van der Waals surface area contributed by atoms with E-state index in [1.165, 1.54) is 27.1 Å². The van der Waals surface area contributed by atoms with Gasteiger partial charge in [-0.05, 0) is 38.7 Å². The number of amidine groups is 2. The highest BCUT2D eigenvalue weighted by atomic mass is 14.9. The second-order valence-electron chi connectivity index (χ2n) is 7.68. The molecule has 0 spiro atoms. The minimum Gasteiger partial charge on any atom is -0.383 e. The number of aliphatic imine (C=N–C) groups is 2. The Kier molecular flexibility index (Phi) is 5.22. The topological polar surface area (TPSA) is 50.7 Å². The largest absolute Gasteiger partial charge is 0.383 e. The third-order valence-corrected chi connectivity index (χ3v) is 5.73. The SMILES string of the molecule is CN=C(N=C(N)c1ccc(-c2cc3ccccc3c3ccccc23)cc1)c1ccccc1. The number of fused-ring (bicyclic) bond motifs is 3. The van der Waals surface area contributed by atoms with Gasteiger partial charge in [-0.1, -0.05) is 103 Å². The van der Waals surface area contributed by atoms with Crippen molar-refractivity contribution >= 4 is 33.2 Å². The van der Waals surface area contributed by atoms with E-state index in [4.69, 9.17) is 5.73 Å². The van der Waals surface area contributed by atoms with Gasteiger partial charge >= 0.3 is 0 Å². The van der Waals surface area contributed by atoms with Gasteiger partial charge in [-0.25, -0.2) is 4.99 Å². The number of nitrogens with zero attached hydrogens (tertiary/aromatic N) is 2. The van der Waals surface area contributed by atoms with Crippen LogP contribution in [-0.4, -0.2) is 18.7 Å². The van der Waals surface area contributed by atoms with E-state index in [-0.39, 0.29) is 0 Å². The van der Waals surface area contributed by atoms with Crippen molar-refractivity contribution in [1.82, 2.24) is 0 Å². The normalized spacial score (nSPS) is 12.4. The molecule has 2 N–H and O–H groups in total. The molecule has 0 atom stereocenters. The predicted octanol–water partition coefficient (Wildman–Crippen LogP) is 6.44. The molecular formula is C29H23N3. The van der Waals surface area contributed by atoms with Crippen LogP contribution in [0.1, 0.15) is 11.1 Å². The zero-order chi connectivity index (χ0) is 21.9. The Labute approximate surface area is 187 Å². The molecule has 0 aliphatic rings. The molecule has 0 bridgehead atoms. The molecule has 0 fully saturated rings. The Bertz CT molecular complexity index is 1460. The summed E-state index contributed by atoms with van der Waals surface area (Å²) in [4.78, 5) is 8.87. The van der Waals surface area contributed by atoms with Crippen LogP contribution in [0.2, 0.25) is 0 Å². The second-order valence-corrected chi connectivity index (χ2v) is 7.68. The van der Waals surface area contributed by atoms with E-state index in [0.717, 1.165) is 16.7 Å². The van der Waals surface area contributed by atoms with Gasteiger partial charge in [-0.15, -0.1) is 0 Å². The Morgan fingerprint density at radius 1 is 0.625 bits per heavy atom. The molecule has 0 unspecified atom stereocenters. The summed E-state index contributed by atoms with van der Waals surface area (Å²) < 4.78 is 0. The minimum atomic E-state index is 0.448. The summed E-state index contributed by atoms with van der Waals surface area (Å²) in [6, 6.07) is 37.5. The fourth-order valence-electron chi connectivity index (χ4n) is 4.12. The van der Waals surface area contributed by atoms with Crippen molar-refractivity contribution in [2.45, 2.75) is 0 Å². The van der Waals surface area contributed by atoms with E-state index < -0.39 is 0 Å². The van der Waals surface area contributed by atoms with Crippen LogP contribution < -0.4 is 5.73 Å². The summed E-state index contributed by atoms with van der Waals surface area (Å²) in [6.45, 7) is 0. The van der Waals surface area contributed by atoms with Crippen molar-refractivity contribution in [2.24, 2.45) is 15.7 Å². The second kappa shape index (κ2) is 8.48. The highest BCUT2D eigenvalue weighted by Crippen LogP contribution is 2.34. The van der Waals surface area contributed by atoms with Crippen molar-refractivity contribution in [3.05, 3.63) is 120 Å². The van der Waals surface area contributed by atoms with Crippen LogP contribution in [0.4, 0.5) is 0 Å². The van der Waals surface area contributed by atoms with E-state index >= 15 is 0 Å². The first-order chi connectivity index (χ1) is 15.7. The van der Waals surface area contributed by atoms with Crippen LogP contribution >= 0.6 is 0 Å². The molecule has 0 amide bonds. The Balaban J connectivity index is 1.54. The summed E-state index contributed by atoms with van der Waals surface area (Å²) in [6.07, 6.45) is 0. The third kappa shape index (κ3) is 3.65. The zero-order valence-corrected chi connectivity index (χ0v) is 17.9. The number of hydrogen-bond acceptors (Lipinski definition) is 1. The lowest BCUT2D eigenvalue weighted by Crippen LogP contribution is -2.16. The predicted molar refractivity (Wildman–Crippen MR) is 137 cm³/mol. The summed E-state index contributed by atoms with van der Waals surface area (Å²) in [5.41, 5.74) is 10.5. The molecule has 0 heterocycles. The van der Waals surface area contributed by atoms with Gasteiger partial charge in [0.1, 0.15) is 5.84 Å². The van der Waals surface area contributed by atoms with Crippen molar-refractivity contribution in [2.75, 3.05) is 7.05 Å². The van der Waals surface area contributed by atoms with E-state index in [1.807, 2.05) is 42.5 Å². The van der Waals surface area contributed by atoms with Crippen LogP contribution in [0.15, 0.2) is 119 Å². The van der Waals surface area contributed by atoms with Crippen LogP contribution in [-0.2, 0) is 0 Å². The lowest BCUT2D eigenvalue weighted by Gasteiger charge is -2.11. The molecule has 0 aromatic heterocycles. The van der Waals surface area contributed by atoms with Gasteiger partial charge in [0, 0.05) is 18.2 Å². The van der Waals surface area contributed by atoms with Crippen LogP contribution in [0.25, 0.3) is 32.7 Å². The van der Waals surface area contributed by atoms with E-state index in [2.05, 4.69) is 76.7 Å². The minimum absolute atomic E-state index is 0.448. The van der Waals surface area contributed by atoms with Gasteiger partial charge in [-0.3, -0.25) is 4.99 Å². The fraction of sp³-hybridized carbons (Fsp3) is 0.0345. The molecule has 0 aliphatic heterocycles. The van der Waals surface area contributed by atoms with Gasteiger partial charge < -0.3 is 5.73 Å². The third-order valence-electron chi connectivity index (χ3n) is 5.73. The molecule has 0 radical (unpaired) electrons. The Morgan fingerprint density at radius 3 is 1.97 bits per heavy atom. The van der Waals surface area contributed by atoms with Gasteiger partial charge in [-0.2, -0.15) is 0 Å². The van der Waals surface area contributed by atoms with E-state index in [9.17, 15) is 0 Å². The molecule has 154 valence electrons. The number of rotatable bonds is 3. The van der Waals surface area contributed by atoms with Crippen LogP contribution in [0, 0.1) is 0 Å². The molecule has 5 aromatic carbocycles. The highest BCUT2D eigenvalue weighted by Gasteiger charge is 2.09. The van der Waals surface area contributed by atoms with Gasteiger partial charge in [0.25, 0.3) is 0 Å². The first kappa shape index (κ1) is 19.7. The lowest BCUT2D eigenvalue weighted by molar-refractivity contribution is 1.37. The maximum Gasteiger partial charge on any atom is 0.156 e. The first-order valence-corrected chi connectivity index (χ1v) is 10.6. The molecule has 0 saturated carbocycles. The number of hydrogen-bond donors (Lipinski definition) is 1. The van der Waals surface area contributed by atoms with Gasteiger partial charge in [0.15, 0.2) is 5.84 Å². The van der Waals surface area contributed by atoms with Crippen LogP contribution in [0.3, 0.4) is 0 Å².